The second-order valence-electron chi connectivity index (χ2n) is 9.65. The highest BCUT2D eigenvalue weighted by Crippen LogP contribution is 2.67. The smallest absolute Gasteiger partial charge is 0.414 e. The van der Waals surface area contributed by atoms with Crippen LogP contribution in [0.15, 0.2) is 15.8 Å². The lowest BCUT2D eigenvalue weighted by Gasteiger charge is -2.37. The van der Waals surface area contributed by atoms with Crippen LogP contribution in [0.2, 0.25) is 18.1 Å². The summed E-state index contributed by atoms with van der Waals surface area (Å²) in [7, 11) is -7.54. The molecule has 208 valence electrons. The fraction of sp³-hybridized carbons (Fsp3) is 0.750. The van der Waals surface area contributed by atoms with Crippen molar-refractivity contribution in [3.05, 3.63) is 32.6 Å². The molecule has 0 saturated carbocycles. The molecule has 36 heavy (non-hydrogen) atoms. The van der Waals surface area contributed by atoms with E-state index < -0.39 is 59.3 Å². The molecule has 0 radical (unpaired) electrons. The van der Waals surface area contributed by atoms with Crippen molar-refractivity contribution in [3.8, 4) is 0 Å². The molecule has 14 nitrogen and oxygen atoms in total. The van der Waals surface area contributed by atoms with Gasteiger partial charge >= 0.3 is 26.9 Å². The first kappa shape index (κ1) is 32.3. The number of aryl methyl sites for hydroxylation is 1. The summed E-state index contributed by atoms with van der Waals surface area (Å²) < 4.78 is 38.6. The van der Waals surface area contributed by atoms with Crippen LogP contribution in [0, 0.1) is 6.92 Å². The van der Waals surface area contributed by atoms with Crippen LogP contribution in [0.1, 0.15) is 39.0 Å². The van der Waals surface area contributed by atoms with Gasteiger partial charge in [0.15, 0.2) is 8.32 Å². The van der Waals surface area contributed by atoms with Crippen LogP contribution >= 0.6 is 21.3 Å². The number of hydrogen-bond donors (Lipinski definition) is 5. The first-order valence-electron chi connectivity index (χ1n) is 10.5. The largest absolute Gasteiger partial charge is 0.476 e. The third-order valence-electron chi connectivity index (χ3n) is 5.74. The number of hydrogen-bond acceptors (Lipinski definition) is 10. The van der Waals surface area contributed by atoms with Crippen molar-refractivity contribution in [3.63, 3.8) is 0 Å². The predicted molar refractivity (Wildman–Crippen MR) is 140 cm³/mol. The van der Waals surface area contributed by atoms with Crippen LogP contribution in [0.3, 0.4) is 0 Å². The van der Waals surface area contributed by atoms with Crippen LogP contribution in [-0.4, -0.2) is 56.3 Å². The SMILES string of the molecule is Cc1cn([C@H]2C[C@H](OP(O)(=S)OP(O)(=S)OP(=O)(O)O)[C@@H](CO[Si](C)(C)C(C)(C)C)O2)c(=O)[nH]c1=O. The molecule has 1 aliphatic heterocycles. The summed E-state index contributed by atoms with van der Waals surface area (Å²) in [5.74, 6) is 0. The topological polar surface area (TPSA) is 199 Å². The minimum Gasteiger partial charge on any atom is -0.414 e. The number of aromatic nitrogens is 2. The van der Waals surface area contributed by atoms with Crippen LogP contribution in [0.4, 0.5) is 0 Å². The Balaban J connectivity index is 2.32. The molecule has 1 aliphatic rings. The van der Waals surface area contributed by atoms with E-state index in [1.165, 1.54) is 13.1 Å². The molecule has 20 heteroatoms. The Kier molecular flexibility index (Phi) is 10.1. The zero-order chi connectivity index (χ0) is 27.9. The molecule has 0 bridgehead atoms. The van der Waals surface area contributed by atoms with Gasteiger partial charge in [-0.1, -0.05) is 20.8 Å². The van der Waals surface area contributed by atoms with E-state index in [1.54, 1.807) is 0 Å². The molecule has 5 N–H and O–H groups in total. The van der Waals surface area contributed by atoms with Gasteiger partial charge in [-0.2, -0.15) is 0 Å². The molecular formula is C16H31N2O12P3S2Si. The van der Waals surface area contributed by atoms with Crippen LogP contribution < -0.4 is 11.2 Å². The minimum atomic E-state index is -5.26. The summed E-state index contributed by atoms with van der Waals surface area (Å²) in [6.07, 6.45) is -1.65. The van der Waals surface area contributed by atoms with Crippen LogP contribution in [0.5, 0.6) is 0 Å². The molecule has 1 aromatic heterocycles. The number of nitrogens with zero attached hydrogens (tertiary/aromatic N) is 1. The summed E-state index contributed by atoms with van der Waals surface area (Å²) in [5.41, 5.74) is -1.04. The predicted octanol–water partition coefficient (Wildman–Crippen LogP) is 2.10. The average Bonchev–Trinajstić information content (AvgIpc) is 3.00. The molecular weight excluding hydrogens is 597 g/mol. The molecule has 0 aromatic carbocycles. The molecule has 0 amide bonds. The monoisotopic (exact) mass is 628 g/mol. The maximum Gasteiger partial charge on any atom is 0.476 e. The second-order valence-corrected chi connectivity index (χ2v) is 21.6. The highest BCUT2D eigenvalue weighted by molar-refractivity contribution is 8.15. The van der Waals surface area contributed by atoms with Gasteiger partial charge in [-0.25, -0.2) is 18.0 Å². The van der Waals surface area contributed by atoms with Crippen LogP contribution in [-0.2, 0) is 50.5 Å². The van der Waals surface area contributed by atoms with Gasteiger partial charge in [-0.3, -0.25) is 14.3 Å². The number of phosphoric acid groups is 1. The third kappa shape index (κ3) is 9.08. The molecule has 2 unspecified atom stereocenters. The van der Waals surface area contributed by atoms with Crippen molar-refractivity contribution < 1.29 is 46.4 Å². The summed E-state index contributed by atoms with van der Waals surface area (Å²) in [5, 5.41) is -0.146. The number of aromatic amines is 1. The lowest BCUT2D eigenvalue weighted by molar-refractivity contribution is -0.0407. The van der Waals surface area contributed by atoms with Crippen molar-refractivity contribution in [2.45, 2.75) is 70.7 Å². The first-order chi connectivity index (χ1) is 16.0. The molecule has 0 aliphatic carbocycles. The summed E-state index contributed by atoms with van der Waals surface area (Å²) in [6, 6.07) is 0. The lowest BCUT2D eigenvalue weighted by Crippen LogP contribution is -2.44. The Morgan fingerprint density at radius 2 is 1.75 bits per heavy atom. The Bertz CT molecular complexity index is 1230. The van der Waals surface area contributed by atoms with Gasteiger partial charge in [0.1, 0.15) is 12.3 Å². The fourth-order valence-electron chi connectivity index (χ4n) is 2.91. The molecule has 2 rings (SSSR count). The van der Waals surface area contributed by atoms with Gasteiger partial charge < -0.3 is 33.3 Å². The van der Waals surface area contributed by atoms with Gasteiger partial charge in [-0.15, -0.1) is 0 Å². The van der Waals surface area contributed by atoms with E-state index in [4.69, 9.17) is 39.6 Å². The minimum absolute atomic E-state index is 0.0175. The Hall–Kier alpha value is 0.0669. The van der Waals surface area contributed by atoms with E-state index >= 15 is 0 Å². The average molecular weight is 629 g/mol. The molecule has 0 spiro atoms. The van der Waals surface area contributed by atoms with E-state index in [0.29, 0.717) is 0 Å². The van der Waals surface area contributed by atoms with Crippen molar-refractivity contribution in [2.75, 3.05) is 6.61 Å². The van der Waals surface area contributed by atoms with E-state index in [0.717, 1.165) is 4.57 Å². The Morgan fingerprint density at radius 1 is 1.17 bits per heavy atom. The van der Waals surface area contributed by atoms with Gasteiger partial charge in [0, 0.05) is 18.2 Å². The first-order valence-corrected chi connectivity index (χ1v) is 20.1. The van der Waals surface area contributed by atoms with E-state index in [9.17, 15) is 23.9 Å². The van der Waals surface area contributed by atoms with Crippen LogP contribution in [0.25, 0.3) is 0 Å². The van der Waals surface area contributed by atoms with Crippen molar-refractivity contribution >= 4 is 53.2 Å². The lowest BCUT2D eigenvalue weighted by atomic mass is 10.2. The number of ether oxygens (including phenoxy) is 1. The third-order valence-corrected chi connectivity index (χ3v) is 16.2. The molecule has 1 saturated heterocycles. The van der Waals surface area contributed by atoms with E-state index in [1.807, 2.05) is 33.9 Å². The summed E-state index contributed by atoms with van der Waals surface area (Å²) in [4.78, 5) is 64.6. The zero-order valence-corrected chi connectivity index (χ0v) is 25.7. The van der Waals surface area contributed by atoms with Crippen molar-refractivity contribution in [1.29, 1.82) is 0 Å². The summed E-state index contributed by atoms with van der Waals surface area (Å²) in [6.45, 7) is 2.47. The molecule has 5 atom stereocenters. The molecule has 2 heterocycles. The standard InChI is InChI=1S/C16H31N2O12P3S2Si/c1-10-8-18(15(20)17-14(10)19)13-7-11(12(27-13)9-26-36(5,6)16(2,3)4)28-32(24,34)30-33(25,35)29-31(21,22)23/h8,11-13H,7,9H2,1-6H3,(H,24,34)(H,25,35)(H,17,19,20)(H2,21,22,23)/t11-,12+,13+,32?,33?/m0/s1. The quantitative estimate of drug-likeness (QED) is 0.186. The fourth-order valence-corrected chi connectivity index (χ4v) is 10.3. The highest BCUT2D eigenvalue weighted by Gasteiger charge is 2.45. The zero-order valence-electron chi connectivity index (χ0n) is 20.4. The normalized spacial score (nSPS) is 24.9. The Morgan fingerprint density at radius 3 is 2.28 bits per heavy atom. The number of H-pyrrole nitrogens is 1. The van der Waals surface area contributed by atoms with E-state index in [-0.39, 0.29) is 23.6 Å². The second kappa shape index (κ2) is 11.3. The maximum atomic E-state index is 12.4. The highest BCUT2D eigenvalue weighted by atomic mass is 32.5. The van der Waals surface area contributed by atoms with Gasteiger partial charge in [-0.05, 0) is 48.7 Å². The van der Waals surface area contributed by atoms with Crippen molar-refractivity contribution in [1.82, 2.24) is 9.55 Å². The van der Waals surface area contributed by atoms with Crippen molar-refractivity contribution in [2.24, 2.45) is 0 Å². The maximum absolute atomic E-state index is 12.4. The number of rotatable bonds is 10. The molecule has 1 aromatic rings. The number of nitrogens with one attached hydrogen (secondary N) is 1. The van der Waals surface area contributed by atoms with Gasteiger partial charge in [0.25, 0.3) is 5.56 Å². The van der Waals surface area contributed by atoms with E-state index in [2.05, 4.69) is 21.1 Å². The molecule has 1 fully saturated rings. The van der Waals surface area contributed by atoms with Gasteiger partial charge in [0.05, 0.1) is 12.7 Å². The van der Waals surface area contributed by atoms with Gasteiger partial charge in [0.2, 0.25) is 0 Å². The summed E-state index contributed by atoms with van der Waals surface area (Å²) >= 11 is 9.41. The Labute approximate surface area is 218 Å².